The number of hydrogen-bond acceptors (Lipinski definition) is 2. The van der Waals surface area contributed by atoms with Gasteiger partial charge in [-0.2, -0.15) is 0 Å². The molecule has 0 atom stereocenters. The van der Waals surface area contributed by atoms with Crippen molar-refractivity contribution in [3.05, 3.63) is 29.3 Å². The number of benzene rings is 1. The molecular weight excluding hydrogens is 200 g/mol. The average molecular weight is 215 g/mol. The van der Waals surface area contributed by atoms with Crippen LogP contribution in [0.25, 0.3) is 0 Å². The molecule has 0 amide bonds. The van der Waals surface area contributed by atoms with Crippen LogP contribution in [0.2, 0.25) is 0 Å². The van der Waals surface area contributed by atoms with Crippen molar-refractivity contribution in [3.63, 3.8) is 0 Å². The van der Waals surface area contributed by atoms with E-state index in [1.165, 1.54) is 19.2 Å². The van der Waals surface area contributed by atoms with Crippen LogP contribution in [0.1, 0.15) is 18.1 Å². The Kier molecular flexibility index (Phi) is 3.63. The second-order valence-electron chi connectivity index (χ2n) is 3.45. The van der Waals surface area contributed by atoms with E-state index < -0.39 is 5.92 Å². The molecule has 1 aromatic carbocycles. The molecule has 1 rings (SSSR count). The summed E-state index contributed by atoms with van der Waals surface area (Å²) in [6.07, 6.45) is 0. The predicted octanol–water partition coefficient (Wildman–Crippen LogP) is 2.53. The van der Waals surface area contributed by atoms with Crippen molar-refractivity contribution in [3.8, 4) is 5.75 Å². The summed E-state index contributed by atoms with van der Waals surface area (Å²) in [6.45, 7) is 1.39. The molecule has 84 valence electrons. The molecule has 1 aromatic rings. The third-order valence-corrected chi connectivity index (χ3v) is 2.15. The summed E-state index contributed by atoms with van der Waals surface area (Å²) in [5.41, 5.74) is 0.743. The van der Waals surface area contributed by atoms with E-state index in [0.29, 0.717) is 12.3 Å². The summed E-state index contributed by atoms with van der Waals surface area (Å²) in [7, 11) is 3.29. The molecule has 0 saturated carbocycles. The number of nitrogens with one attached hydrogen (secondary N) is 1. The van der Waals surface area contributed by atoms with Gasteiger partial charge < -0.3 is 10.1 Å². The molecule has 0 fully saturated rings. The molecule has 0 aliphatic carbocycles. The summed E-state index contributed by atoms with van der Waals surface area (Å²) in [6, 6.07) is 4.42. The van der Waals surface area contributed by atoms with Gasteiger partial charge in [0.15, 0.2) is 0 Å². The van der Waals surface area contributed by atoms with Crippen molar-refractivity contribution in [2.45, 2.75) is 19.4 Å². The maximum absolute atomic E-state index is 13.0. The van der Waals surface area contributed by atoms with Crippen LogP contribution in [0.4, 0.5) is 8.78 Å². The molecule has 0 heterocycles. The van der Waals surface area contributed by atoms with Gasteiger partial charge in [-0.05, 0) is 25.2 Å². The second-order valence-corrected chi connectivity index (χ2v) is 3.45. The van der Waals surface area contributed by atoms with Gasteiger partial charge in [0.1, 0.15) is 5.75 Å². The molecule has 15 heavy (non-hydrogen) atoms. The molecule has 0 spiro atoms. The predicted molar refractivity (Wildman–Crippen MR) is 55.3 cm³/mol. The fraction of sp³-hybridized carbons (Fsp3) is 0.455. The number of methoxy groups -OCH3 is 1. The highest BCUT2D eigenvalue weighted by molar-refractivity contribution is 5.38. The maximum Gasteiger partial charge on any atom is 0.270 e. The van der Waals surface area contributed by atoms with Gasteiger partial charge in [0.05, 0.1) is 7.11 Å². The van der Waals surface area contributed by atoms with Gasteiger partial charge in [-0.15, -0.1) is 0 Å². The number of rotatable bonds is 4. The van der Waals surface area contributed by atoms with Gasteiger partial charge in [0.25, 0.3) is 5.92 Å². The zero-order valence-corrected chi connectivity index (χ0v) is 9.10. The van der Waals surface area contributed by atoms with Crippen LogP contribution in [0.3, 0.4) is 0 Å². The summed E-state index contributed by atoms with van der Waals surface area (Å²) in [5, 5.41) is 2.91. The Morgan fingerprint density at radius 3 is 2.53 bits per heavy atom. The Hall–Kier alpha value is -1.16. The highest BCUT2D eigenvalue weighted by Crippen LogP contribution is 2.30. The normalized spacial score (nSPS) is 11.5. The minimum Gasteiger partial charge on any atom is -0.496 e. The molecule has 0 aliphatic heterocycles. The van der Waals surface area contributed by atoms with E-state index in [1.807, 2.05) is 0 Å². The maximum atomic E-state index is 13.0. The van der Waals surface area contributed by atoms with Crippen molar-refractivity contribution in [2.24, 2.45) is 0 Å². The molecule has 0 radical (unpaired) electrons. The van der Waals surface area contributed by atoms with E-state index in [4.69, 9.17) is 4.74 Å². The van der Waals surface area contributed by atoms with E-state index in [0.717, 1.165) is 12.5 Å². The fourth-order valence-corrected chi connectivity index (χ4v) is 1.38. The van der Waals surface area contributed by atoms with E-state index in [2.05, 4.69) is 5.32 Å². The monoisotopic (exact) mass is 215 g/mol. The van der Waals surface area contributed by atoms with E-state index in [-0.39, 0.29) is 5.56 Å². The topological polar surface area (TPSA) is 21.3 Å². The van der Waals surface area contributed by atoms with Crippen LogP contribution in [0.15, 0.2) is 18.2 Å². The van der Waals surface area contributed by atoms with Gasteiger partial charge in [-0.1, -0.05) is 0 Å². The molecule has 0 saturated heterocycles. The zero-order chi connectivity index (χ0) is 11.5. The SMILES string of the molecule is CNCc1cc(C(C)(F)F)ccc1OC. The smallest absolute Gasteiger partial charge is 0.270 e. The lowest BCUT2D eigenvalue weighted by molar-refractivity contribution is 0.0173. The van der Waals surface area contributed by atoms with Crippen molar-refractivity contribution < 1.29 is 13.5 Å². The van der Waals surface area contributed by atoms with Gasteiger partial charge in [-0.3, -0.25) is 0 Å². The van der Waals surface area contributed by atoms with Crippen LogP contribution in [0, 0.1) is 0 Å². The summed E-state index contributed by atoms with van der Waals surface area (Å²) in [5.74, 6) is -2.19. The van der Waals surface area contributed by atoms with E-state index >= 15 is 0 Å². The fourth-order valence-electron chi connectivity index (χ4n) is 1.38. The third-order valence-electron chi connectivity index (χ3n) is 2.15. The quantitative estimate of drug-likeness (QED) is 0.833. The molecule has 0 unspecified atom stereocenters. The molecular formula is C11H15F2NO. The Labute approximate surface area is 88.3 Å². The third kappa shape index (κ3) is 2.89. The molecule has 0 bridgehead atoms. The lowest BCUT2D eigenvalue weighted by Crippen LogP contribution is -2.11. The summed E-state index contributed by atoms with van der Waals surface area (Å²) < 4.78 is 31.2. The summed E-state index contributed by atoms with van der Waals surface area (Å²) >= 11 is 0. The van der Waals surface area contributed by atoms with Gasteiger partial charge >= 0.3 is 0 Å². The molecule has 2 nitrogen and oxygen atoms in total. The van der Waals surface area contributed by atoms with Crippen LogP contribution in [-0.4, -0.2) is 14.2 Å². The largest absolute Gasteiger partial charge is 0.496 e. The first-order valence-corrected chi connectivity index (χ1v) is 4.69. The Morgan fingerprint density at radius 1 is 1.40 bits per heavy atom. The van der Waals surface area contributed by atoms with Crippen molar-refractivity contribution in [1.82, 2.24) is 5.32 Å². The van der Waals surface area contributed by atoms with E-state index in [1.54, 1.807) is 13.1 Å². The Balaban J connectivity index is 3.10. The first kappa shape index (κ1) is 11.9. The van der Waals surface area contributed by atoms with Crippen molar-refractivity contribution in [1.29, 1.82) is 0 Å². The minimum absolute atomic E-state index is 0.00792. The number of halogens is 2. The summed E-state index contributed by atoms with van der Waals surface area (Å²) in [4.78, 5) is 0. The molecule has 1 N–H and O–H groups in total. The number of alkyl halides is 2. The average Bonchev–Trinajstić information content (AvgIpc) is 2.17. The molecule has 0 aliphatic rings. The first-order valence-electron chi connectivity index (χ1n) is 4.69. The Bertz CT molecular complexity index is 334. The van der Waals surface area contributed by atoms with Crippen LogP contribution in [0.5, 0.6) is 5.75 Å². The van der Waals surface area contributed by atoms with Gasteiger partial charge in [-0.25, -0.2) is 8.78 Å². The number of hydrogen-bond donors (Lipinski definition) is 1. The highest BCUT2D eigenvalue weighted by Gasteiger charge is 2.24. The zero-order valence-electron chi connectivity index (χ0n) is 9.10. The first-order chi connectivity index (χ1) is 6.99. The number of ether oxygens (including phenoxy) is 1. The van der Waals surface area contributed by atoms with Crippen molar-refractivity contribution in [2.75, 3.05) is 14.2 Å². The minimum atomic E-state index is -2.81. The van der Waals surface area contributed by atoms with E-state index in [9.17, 15) is 8.78 Å². The highest BCUT2D eigenvalue weighted by atomic mass is 19.3. The van der Waals surface area contributed by atoms with Crippen LogP contribution < -0.4 is 10.1 Å². The molecule has 0 aromatic heterocycles. The second kappa shape index (κ2) is 4.57. The lowest BCUT2D eigenvalue weighted by atomic mass is 10.1. The van der Waals surface area contributed by atoms with Gasteiger partial charge in [0.2, 0.25) is 0 Å². The molecule has 4 heteroatoms. The van der Waals surface area contributed by atoms with Crippen LogP contribution >= 0.6 is 0 Å². The van der Waals surface area contributed by atoms with Crippen molar-refractivity contribution >= 4 is 0 Å². The van der Waals surface area contributed by atoms with Crippen LogP contribution in [-0.2, 0) is 12.5 Å². The lowest BCUT2D eigenvalue weighted by Gasteiger charge is -2.14. The van der Waals surface area contributed by atoms with Gasteiger partial charge in [0, 0.05) is 24.6 Å². The Morgan fingerprint density at radius 2 is 2.07 bits per heavy atom. The standard InChI is InChI=1S/C11H15F2NO/c1-11(12,13)9-4-5-10(15-3)8(6-9)7-14-2/h4-6,14H,7H2,1-3H3.